The Kier molecular flexibility index (Phi) is 5.31. The fourth-order valence-electron chi connectivity index (χ4n) is 3.95. The smallest absolute Gasteiger partial charge is 0.335 e. The van der Waals surface area contributed by atoms with Crippen LogP contribution in [0, 0.1) is 0 Å². The Morgan fingerprint density at radius 1 is 1.32 bits per heavy atom. The maximum Gasteiger partial charge on any atom is 0.434 e. The van der Waals surface area contributed by atoms with Crippen LogP contribution in [0.2, 0.25) is 5.02 Å². The van der Waals surface area contributed by atoms with Crippen molar-refractivity contribution in [3.8, 4) is 0 Å². The molecule has 0 spiro atoms. The van der Waals surface area contributed by atoms with Gasteiger partial charge in [-0.2, -0.15) is 18.3 Å². The summed E-state index contributed by atoms with van der Waals surface area (Å²) in [5, 5.41) is 3.58. The molecule has 4 rings (SSSR count). The molecule has 1 atom stereocenters. The number of fused-ring (bicyclic) bond motifs is 1. The number of nitrogens with zero attached hydrogens (tertiary/aromatic N) is 5. The summed E-state index contributed by atoms with van der Waals surface area (Å²) in [6.07, 6.45) is -2.91. The van der Waals surface area contributed by atoms with Gasteiger partial charge >= 0.3 is 11.9 Å². The quantitative estimate of drug-likeness (QED) is 0.653. The van der Waals surface area contributed by atoms with Gasteiger partial charge in [0.15, 0.2) is 5.69 Å². The number of amides is 1. The van der Waals surface area contributed by atoms with Crippen molar-refractivity contribution in [1.82, 2.24) is 24.2 Å². The third kappa shape index (κ3) is 4.17. The van der Waals surface area contributed by atoms with Gasteiger partial charge in [0.1, 0.15) is 11.9 Å². The summed E-state index contributed by atoms with van der Waals surface area (Å²) >= 11 is 5.67. The predicted molar refractivity (Wildman–Crippen MR) is 98.0 cm³/mol. The molecule has 2 aliphatic heterocycles. The van der Waals surface area contributed by atoms with Gasteiger partial charge in [-0.25, -0.2) is 23.2 Å². The summed E-state index contributed by atoms with van der Waals surface area (Å²) in [7, 11) is 0. The van der Waals surface area contributed by atoms with Gasteiger partial charge in [0.05, 0.1) is 18.1 Å². The lowest BCUT2D eigenvalue weighted by Crippen LogP contribution is -2.42. The second-order valence-corrected chi connectivity index (χ2v) is 8.08. The van der Waals surface area contributed by atoms with Gasteiger partial charge in [-0.1, -0.05) is 11.6 Å². The van der Waals surface area contributed by atoms with Crippen molar-refractivity contribution in [3.63, 3.8) is 0 Å². The minimum Gasteiger partial charge on any atom is -0.335 e. The van der Waals surface area contributed by atoms with Gasteiger partial charge in [-0.3, -0.25) is 9.36 Å². The number of rotatable bonds is 3. The molecule has 13 heteroatoms. The van der Waals surface area contributed by atoms with Crippen LogP contribution < -0.4 is 5.69 Å². The van der Waals surface area contributed by atoms with E-state index in [1.165, 1.54) is 4.57 Å². The minimum absolute atomic E-state index is 0.0870. The Hall–Kier alpha value is -2.50. The van der Waals surface area contributed by atoms with E-state index in [-0.39, 0.29) is 18.7 Å². The maximum absolute atomic E-state index is 13.5. The largest absolute Gasteiger partial charge is 0.434 e. The van der Waals surface area contributed by atoms with Gasteiger partial charge < -0.3 is 4.90 Å². The molecule has 168 valence electrons. The molecule has 2 aromatic rings. The first-order valence-corrected chi connectivity index (χ1v) is 9.90. The molecule has 0 saturated carbocycles. The van der Waals surface area contributed by atoms with Crippen molar-refractivity contribution in [2.75, 3.05) is 13.1 Å². The SMILES string of the molecule is O=C(C1CCCc2nn(Cc3cnc(C(F)(F)F)c(Cl)c3)c(=O)n21)N1CCC(F)(F)C1. The first-order chi connectivity index (χ1) is 14.5. The second-order valence-electron chi connectivity index (χ2n) is 7.67. The Labute approximate surface area is 177 Å². The Morgan fingerprint density at radius 3 is 2.68 bits per heavy atom. The zero-order valence-corrected chi connectivity index (χ0v) is 16.8. The number of aromatic nitrogens is 4. The van der Waals surface area contributed by atoms with E-state index in [1.54, 1.807) is 0 Å². The van der Waals surface area contributed by atoms with Crippen LogP contribution >= 0.6 is 11.6 Å². The summed E-state index contributed by atoms with van der Waals surface area (Å²) in [6.45, 7) is -0.973. The fraction of sp³-hybridized carbons (Fsp3) is 0.556. The van der Waals surface area contributed by atoms with E-state index in [1.807, 2.05) is 0 Å². The van der Waals surface area contributed by atoms with Crippen molar-refractivity contribution in [1.29, 1.82) is 0 Å². The first kappa shape index (κ1) is 21.7. The molecule has 0 N–H and O–H groups in total. The van der Waals surface area contributed by atoms with Crippen molar-refractivity contribution in [2.24, 2.45) is 0 Å². The Bertz CT molecular complexity index is 1080. The van der Waals surface area contributed by atoms with Crippen molar-refractivity contribution in [3.05, 3.63) is 44.9 Å². The van der Waals surface area contributed by atoms with Gasteiger partial charge in [0.2, 0.25) is 5.91 Å². The number of hydrogen-bond acceptors (Lipinski definition) is 4. The molecule has 0 aliphatic carbocycles. The average Bonchev–Trinajstić information content (AvgIpc) is 3.19. The van der Waals surface area contributed by atoms with Gasteiger partial charge in [0, 0.05) is 25.6 Å². The van der Waals surface area contributed by atoms with E-state index in [4.69, 9.17) is 11.6 Å². The fourth-order valence-corrected chi connectivity index (χ4v) is 4.24. The highest BCUT2D eigenvalue weighted by molar-refractivity contribution is 6.31. The predicted octanol–water partition coefficient (Wildman–Crippen LogP) is 2.91. The Morgan fingerprint density at radius 2 is 2.06 bits per heavy atom. The molecule has 1 amide bonds. The third-order valence-electron chi connectivity index (χ3n) is 5.40. The molecule has 1 fully saturated rings. The summed E-state index contributed by atoms with van der Waals surface area (Å²) in [5.41, 5.74) is -1.66. The van der Waals surface area contributed by atoms with E-state index in [2.05, 4.69) is 10.1 Å². The number of carbonyl (C=O) groups excluding carboxylic acids is 1. The summed E-state index contributed by atoms with van der Waals surface area (Å²) < 4.78 is 67.7. The topological polar surface area (TPSA) is 73.0 Å². The van der Waals surface area contributed by atoms with Crippen LogP contribution in [0.4, 0.5) is 22.0 Å². The molecule has 7 nitrogen and oxygen atoms in total. The highest BCUT2D eigenvalue weighted by atomic mass is 35.5. The lowest BCUT2D eigenvalue weighted by molar-refractivity contribution is -0.141. The zero-order valence-electron chi connectivity index (χ0n) is 16.0. The average molecular weight is 466 g/mol. The van der Waals surface area contributed by atoms with E-state index < -0.39 is 53.4 Å². The molecule has 0 bridgehead atoms. The lowest BCUT2D eigenvalue weighted by Gasteiger charge is -2.27. The standard InChI is InChI=1S/C18H17ClF5N5O2/c19-11-6-10(7-25-14(11)18(22,23)24)8-28-16(31)29-12(2-1-3-13(29)26-28)15(30)27-5-4-17(20,21)9-27/h6-7,12H,1-5,8-9H2. The zero-order chi connectivity index (χ0) is 22.6. The minimum atomic E-state index is -4.71. The van der Waals surface area contributed by atoms with E-state index in [9.17, 15) is 31.5 Å². The monoisotopic (exact) mass is 465 g/mol. The van der Waals surface area contributed by atoms with Crippen molar-refractivity contribution < 1.29 is 26.7 Å². The molecular weight excluding hydrogens is 449 g/mol. The number of aryl methyl sites for hydroxylation is 1. The second kappa shape index (κ2) is 7.57. The van der Waals surface area contributed by atoms with Crippen molar-refractivity contribution in [2.45, 2.75) is 50.4 Å². The van der Waals surface area contributed by atoms with Crippen LogP contribution in [0.15, 0.2) is 17.1 Å². The van der Waals surface area contributed by atoms with Gasteiger partial charge in [-0.05, 0) is 24.5 Å². The molecule has 2 aliphatic rings. The highest BCUT2D eigenvalue weighted by Gasteiger charge is 2.43. The maximum atomic E-state index is 13.5. The summed E-state index contributed by atoms with van der Waals surface area (Å²) in [4.78, 5) is 30.1. The third-order valence-corrected chi connectivity index (χ3v) is 5.68. The molecular formula is C18H17ClF5N5O2. The molecule has 0 radical (unpaired) electrons. The summed E-state index contributed by atoms with van der Waals surface area (Å²) in [5.74, 6) is -3.18. The molecule has 4 heterocycles. The van der Waals surface area contributed by atoms with Crippen LogP contribution in [0.5, 0.6) is 0 Å². The van der Waals surface area contributed by atoms with E-state index >= 15 is 0 Å². The number of likely N-dealkylation sites (tertiary alicyclic amines) is 1. The molecule has 31 heavy (non-hydrogen) atoms. The van der Waals surface area contributed by atoms with E-state index in [0.29, 0.717) is 25.1 Å². The number of halogens is 6. The van der Waals surface area contributed by atoms with Crippen LogP contribution in [-0.4, -0.2) is 49.2 Å². The first-order valence-electron chi connectivity index (χ1n) is 9.53. The van der Waals surface area contributed by atoms with Crippen LogP contribution in [0.25, 0.3) is 0 Å². The molecule has 1 saturated heterocycles. The number of alkyl halides is 5. The normalized spacial score (nSPS) is 20.7. The number of pyridine rings is 1. The van der Waals surface area contributed by atoms with E-state index in [0.717, 1.165) is 21.8 Å². The van der Waals surface area contributed by atoms with Crippen LogP contribution in [0.1, 0.15) is 42.4 Å². The molecule has 2 aromatic heterocycles. The van der Waals surface area contributed by atoms with Gasteiger partial charge in [0.25, 0.3) is 5.92 Å². The van der Waals surface area contributed by atoms with Gasteiger partial charge in [-0.15, -0.1) is 0 Å². The van der Waals surface area contributed by atoms with Crippen LogP contribution in [0.3, 0.4) is 0 Å². The number of carbonyl (C=O) groups is 1. The number of hydrogen-bond donors (Lipinski definition) is 0. The van der Waals surface area contributed by atoms with Crippen LogP contribution in [-0.2, 0) is 23.9 Å². The molecule has 0 aromatic carbocycles. The highest BCUT2D eigenvalue weighted by Crippen LogP contribution is 2.33. The van der Waals surface area contributed by atoms with Crippen molar-refractivity contribution >= 4 is 17.5 Å². The Balaban J connectivity index is 1.60. The molecule has 1 unspecified atom stereocenters. The lowest BCUT2D eigenvalue weighted by atomic mass is 10.0. The summed E-state index contributed by atoms with van der Waals surface area (Å²) in [6, 6.07) is 0.116.